The van der Waals surface area contributed by atoms with Crippen LogP contribution < -0.4 is 4.74 Å². The molecule has 1 amide bonds. The van der Waals surface area contributed by atoms with Crippen molar-refractivity contribution in [2.75, 3.05) is 13.7 Å². The summed E-state index contributed by atoms with van der Waals surface area (Å²) in [7, 11) is 1.31. The standard InChI is InChI=1S/C35H34FN3O5.Ni/c1-44-30-19-18-25(21-27(30)36)33(40)32(35(42)43)38-31(24-13-6-3-7-14-24)26-15-8-9-16-28(26)37-34(41)29-17-10-20-39(29)22-23-11-4-2-5-12-23;/h2-9,11-16,18-19,21,29,32-33,40H,10,17,20,22H2,1H3,(H2,37,38,41,42,43);/p-1/t29-,32-,33+;/m0./s1. The molecule has 1 heterocycles. The average molecular weight is 653 g/mol. The number of hydrogen-bond donors (Lipinski definition) is 2. The summed E-state index contributed by atoms with van der Waals surface area (Å²) < 4.78 is 19.4. The third-order valence-electron chi connectivity index (χ3n) is 7.65. The zero-order valence-corrected chi connectivity index (χ0v) is 25.5. The van der Waals surface area contributed by atoms with E-state index in [1.165, 1.54) is 19.2 Å². The molecule has 1 aliphatic heterocycles. The molecule has 0 spiro atoms. The van der Waals surface area contributed by atoms with Gasteiger partial charge in [0.1, 0.15) is 6.10 Å². The Balaban J connectivity index is 0.00000461. The van der Waals surface area contributed by atoms with E-state index in [0.717, 1.165) is 24.6 Å². The zero-order valence-electron chi connectivity index (χ0n) is 24.5. The predicted octanol–water partition coefficient (Wildman–Crippen LogP) is 6.05. The zero-order chi connectivity index (χ0) is 31.1. The van der Waals surface area contributed by atoms with E-state index in [0.29, 0.717) is 29.8 Å². The van der Waals surface area contributed by atoms with Crippen LogP contribution >= 0.6 is 0 Å². The summed E-state index contributed by atoms with van der Waals surface area (Å²) in [6.07, 6.45) is -0.119. The van der Waals surface area contributed by atoms with Gasteiger partial charge in [-0.25, -0.2) is 9.18 Å². The molecule has 3 atom stereocenters. The number of aliphatic hydroxyl groups excluding tert-OH is 1. The molecule has 2 N–H and O–H groups in total. The van der Waals surface area contributed by atoms with E-state index in [1.807, 2.05) is 36.4 Å². The van der Waals surface area contributed by atoms with Crippen LogP contribution in [-0.2, 0) is 32.6 Å². The van der Waals surface area contributed by atoms with Crippen molar-refractivity contribution < 1.29 is 45.4 Å². The van der Waals surface area contributed by atoms with Gasteiger partial charge in [-0.15, -0.1) is 5.69 Å². The van der Waals surface area contributed by atoms with Crippen LogP contribution in [0.5, 0.6) is 5.75 Å². The predicted molar refractivity (Wildman–Crippen MR) is 166 cm³/mol. The Kier molecular flexibility index (Phi) is 11.6. The first-order valence-electron chi connectivity index (χ1n) is 14.4. The molecule has 0 aromatic heterocycles. The Morgan fingerprint density at radius 3 is 2.33 bits per heavy atom. The van der Waals surface area contributed by atoms with Crippen LogP contribution in [0, 0.1) is 5.82 Å². The van der Waals surface area contributed by atoms with Gasteiger partial charge in [0.25, 0.3) is 0 Å². The monoisotopic (exact) mass is 652 g/mol. The number of aliphatic imine (C=N–C) groups is 1. The van der Waals surface area contributed by atoms with E-state index in [4.69, 9.17) is 4.74 Å². The number of hydrogen-bond acceptors (Lipinski definition) is 6. The fraction of sp³-hybridized carbons (Fsp3) is 0.229. The van der Waals surface area contributed by atoms with Gasteiger partial charge in [-0.05, 0) is 48.2 Å². The summed E-state index contributed by atoms with van der Waals surface area (Å²) in [4.78, 5) is 32.7. The quantitative estimate of drug-likeness (QED) is 0.151. The normalized spacial score (nSPS) is 16.3. The minimum absolute atomic E-state index is 0. The number of rotatable bonds is 11. The summed E-state index contributed by atoms with van der Waals surface area (Å²) in [5.74, 6) is -2.47. The SMILES string of the molecule is COc1ccc([C@@H](O)[C@H](N=C(c2ccccc2)c2ccccc2[N-]C(=O)[C@@H]2CCCN2Cc2ccccc2)C(=O)O)cc1F.[Ni]. The first-order valence-corrected chi connectivity index (χ1v) is 14.4. The summed E-state index contributed by atoms with van der Waals surface area (Å²) in [5.41, 5.74) is 2.69. The number of amides is 1. The van der Waals surface area contributed by atoms with Crippen molar-refractivity contribution >= 4 is 23.3 Å². The maximum atomic E-state index is 14.5. The van der Waals surface area contributed by atoms with Crippen LogP contribution in [0.25, 0.3) is 5.32 Å². The average Bonchev–Trinajstić information content (AvgIpc) is 3.50. The molecule has 0 aliphatic carbocycles. The molecular weight excluding hydrogens is 620 g/mol. The molecule has 1 fully saturated rings. The molecule has 236 valence electrons. The fourth-order valence-electron chi connectivity index (χ4n) is 5.42. The van der Waals surface area contributed by atoms with E-state index >= 15 is 0 Å². The van der Waals surface area contributed by atoms with Gasteiger partial charge in [0, 0.05) is 28.6 Å². The maximum Gasteiger partial charge on any atom is 0.331 e. The van der Waals surface area contributed by atoms with Gasteiger partial charge in [-0.2, -0.15) is 0 Å². The molecular formula is C35H33FN3NiO5-. The number of carbonyl (C=O) groups is 2. The van der Waals surface area contributed by atoms with Gasteiger partial charge in [0.05, 0.1) is 24.8 Å². The maximum absolute atomic E-state index is 14.5. The summed E-state index contributed by atoms with van der Waals surface area (Å²) >= 11 is 0. The Labute approximate surface area is 271 Å². The van der Waals surface area contributed by atoms with Crippen LogP contribution in [0.15, 0.2) is 108 Å². The minimum atomic E-state index is -1.70. The Morgan fingerprint density at radius 1 is 1.00 bits per heavy atom. The smallest absolute Gasteiger partial charge is 0.331 e. The second-order valence-corrected chi connectivity index (χ2v) is 10.5. The van der Waals surface area contributed by atoms with Gasteiger partial charge >= 0.3 is 5.97 Å². The van der Waals surface area contributed by atoms with E-state index in [1.54, 1.807) is 48.5 Å². The molecule has 10 heteroatoms. The molecule has 0 saturated carbocycles. The summed E-state index contributed by atoms with van der Waals surface area (Å²) in [6, 6.07) is 27.4. The fourth-order valence-corrected chi connectivity index (χ4v) is 5.42. The molecule has 0 bridgehead atoms. The number of benzene rings is 4. The molecule has 4 aromatic rings. The number of likely N-dealkylation sites (tertiary alicyclic amines) is 1. The summed E-state index contributed by atoms with van der Waals surface area (Å²) in [5, 5.41) is 25.8. The van der Waals surface area contributed by atoms with Crippen molar-refractivity contribution in [1.29, 1.82) is 0 Å². The van der Waals surface area contributed by atoms with Gasteiger partial charge in [-0.3, -0.25) is 9.89 Å². The molecule has 1 saturated heterocycles. The van der Waals surface area contributed by atoms with Crippen molar-refractivity contribution in [1.82, 2.24) is 4.90 Å². The van der Waals surface area contributed by atoms with Crippen molar-refractivity contribution in [3.05, 3.63) is 137 Å². The van der Waals surface area contributed by atoms with Crippen LogP contribution in [0.1, 0.15) is 41.2 Å². The van der Waals surface area contributed by atoms with Crippen LogP contribution in [0.2, 0.25) is 0 Å². The number of carboxylic acid groups (broad SMARTS) is 1. The molecule has 0 radical (unpaired) electrons. The van der Waals surface area contributed by atoms with Gasteiger partial charge in [0.15, 0.2) is 17.6 Å². The number of para-hydroxylation sites is 1. The minimum Gasteiger partial charge on any atom is -0.625 e. The van der Waals surface area contributed by atoms with Crippen LogP contribution in [0.4, 0.5) is 10.1 Å². The number of aliphatic carboxylic acids is 1. The molecule has 4 aromatic carbocycles. The van der Waals surface area contributed by atoms with Crippen molar-refractivity contribution in [3.8, 4) is 5.75 Å². The number of nitrogens with zero attached hydrogens (tertiary/aromatic N) is 3. The number of halogens is 1. The van der Waals surface area contributed by atoms with Crippen LogP contribution in [0.3, 0.4) is 0 Å². The number of ether oxygens (including phenoxy) is 1. The number of carbonyl (C=O) groups excluding carboxylic acids is 1. The van der Waals surface area contributed by atoms with Gasteiger partial charge < -0.3 is 25.1 Å². The number of carboxylic acids is 1. The first-order chi connectivity index (χ1) is 21.4. The van der Waals surface area contributed by atoms with Crippen molar-refractivity contribution in [2.24, 2.45) is 4.99 Å². The molecule has 45 heavy (non-hydrogen) atoms. The topological polar surface area (TPSA) is 114 Å². The second kappa shape index (κ2) is 15.6. The van der Waals surface area contributed by atoms with Crippen molar-refractivity contribution in [3.63, 3.8) is 0 Å². The van der Waals surface area contributed by atoms with Gasteiger partial charge in [0.2, 0.25) is 0 Å². The molecule has 5 rings (SSSR count). The largest absolute Gasteiger partial charge is 0.625 e. The van der Waals surface area contributed by atoms with Crippen molar-refractivity contribution in [2.45, 2.75) is 37.6 Å². The number of methoxy groups -OCH3 is 1. The molecule has 0 unspecified atom stereocenters. The Hall–Kier alpha value is -4.37. The Morgan fingerprint density at radius 2 is 1.67 bits per heavy atom. The molecule has 1 aliphatic rings. The Bertz CT molecular complexity index is 1640. The third kappa shape index (κ3) is 8.03. The first kappa shape index (κ1) is 33.5. The second-order valence-electron chi connectivity index (χ2n) is 10.5. The van der Waals surface area contributed by atoms with E-state index < -0.39 is 23.9 Å². The molecule has 8 nitrogen and oxygen atoms in total. The van der Waals surface area contributed by atoms with Gasteiger partial charge in [-0.1, -0.05) is 91.0 Å². The summed E-state index contributed by atoms with van der Waals surface area (Å²) in [6.45, 7) is 1.42. The van der Waals surface area contributed by atoms with E-state index in [9.17, 15) is 24.2 Å². The van der Waals surface area contributed by atoms with E-state index in [2.05, 4.69) is 15.2 Å². The third-order valence-corrected chi connectivity index (χ3v) is 7.65. The number of aliphatic hydroxyl groups is 1. The van der Waals surface area contributed by atoms with Crippen LogP contribution in [-0.4, -0.2) is 58.4 Å². The van der Waals surface area contributed by atoms with E-state index in [-0.39, 0.29) is 45.5 Å².